The minimum Gasteiger partial charge on any atom is -0.379 e. The standard InChI is InChI=1S/C9H17NO/c1-8-6-9(7-8)10-2-4-11-5-3-10/h8-9H,2-7H2,1H3/t8-,9-. The zero-order valence-electron chi connectivity index (χ0n) is 7.25. The molecule has 0 amide bonds. The summed E-state index contributed by atoms with van der Waals surface area (Å²) in [4.78, 5) is 2.59. The predicted octanol–water partition coefficient (Wildman–Crippen LogP) is 1.12. The second kappa shape index (κ2) is 3.11. The van der Waals surface area contributed by atoms with Crippen molar-refractivity contribution in [1.29, 1.82) is 0 Å². The predicted molar refractivity (Wildman–Crippen MR) is 44.6 cm³/mol. The summed E-state index contributed by atoms with van der Waals surface area (Å²) >= 11 is 0. The zero-order valence-corrected chi connectivity index (χ0v) is 7.25. The molecule has 11 heavy (non-hydrogen) atoms. The van der Waals surface area contributed by atoms with Crippen LogP contribution in [0, 0.1) is 5.92 Å². The third-order valence-corrected chi connectivity index (χ3v) is 2.91. The second-order valence-electron chi connectivity index (χ2n) is 3.88. The summed E-state index contributed by atoms with van der Waals surface area (Å²) in [7, 11) is 0. The molecule has 0 aromatic carbocycles. The molecule has 1 saturated carbocycles. The molecule has 2 fully saturated rings. The summed E-state index contributed by atoms with van der Waals surface area (Å²) in [5.41, 5.74) is 0. The van der Waals surface area contributed by atoms with Crippen molar-refractivity contribution in [1.82, 2.24) is 4.90 Å². The average Bonchev–Trinajstić information content (AvgIpc) is 2.01. The first-order valence-electron chi connectivity index (χ1n) is 4.68. The van der Waals surface area contributed by atoms with Crippen molar-refractivity contribution in [3.8, 4) is 0 Å². The molecule has 2 rings (SSSR count). The van der Waals surface area contributed by atoms with E-state index in [0.29, 0.717) is 0 Å². The third kappa shape index (κ3) is 1.57. The van der Waals surface area contributed by atoms with Crippen molar-refractivity contribution in [2.45, 2.75) is 25.8 Å². The van der Waals surface area contributed by atoms with Crippen LogP contribution < -0.4 is 0 Å². The van der Waals surface area contributed by atoms with Crippen LogP contribution in [-0.2, 0) is 4.74 Å². The van der Waals surface area contributed by atoms with Crippen LogP contribution in [0.4, 0.5) is 0 Å². The molecule has 1 aliphatic carbocycles. The molecule has 64 valence electrons. The van der Waals surface area contributed by atoms with Gasteiger partial charge >= 0.3 is 0 Å². The highest BCUT2D eigenvalue weighted by Gasteiger charge is 2.31. The van der Waals surface area contributed by atoms with Crippen LogP contribution in [0.1, 0.15) is 19.8 Å². The summed E-state index contributed by atoms with van der Waals surface area (Å²) in [5.74, 6) is 0.975. The summed E-state index contributed by atoms with van der Waals surface area (Å²) in [6.07, 6.45) is 2.83. The van der Waals surface area contributed by atoms with Crippen LogP contribution in [0.5, 0.6) is 0 Å². The van der Waals surface area contributed by atoms with E-state index in [0.717, 1.165) is 38.3 Å². The van der Waals surface area contributed by atoms with E-state index in [9.17, 15) is 0 Å². The molecule has 2 aliphatic rings. The lowest BCUT2D eigenvalue weighted by Crippen LogP contribution is -2.49. The molecule has 0 aromatic rings. The molecule has 0 unspecified atom stereocenters. The van der Waals surface area contributed by atoms with Crippen molar-refractivity contribution in [2.24, 2.45) is 5.92 Å². The fourth-order valence-electron chi connectivity index (χ4n) is 2.10. The van der Waals surface area contributed by atoms with Crippen molar-refractivity contribution >= 4 is 0 Å². The SMILES string of the molecule is C[C@H]1C[C@H](N2CCOCC2)C1. The van der Waals surface area contributed by atoms with Crippen LogP contribution in [0.15, 0.2) is 0 Å². The first kappa shape index (κ1) is 7.56. The molecule has 1 saturated heterocycles. The molecule has 2 nitrogen and oxygen atoms in total. The topological polar surface area (TPSA) is 12.5 Å². The Morgan fingerprint density at radius 1 is 1.18 bits per heavy atom. The highest BCUT2D eigenvalue weighted by molar-refractivity contribution is 4.85. The number of hydrogen-bond donors (Lipinski definition) is 0. The van der Waals surface area contributed by atoms with Gasteiger partial charge in [-0.15, -0.1) is 0 Å². The Bertz CT molecular complexity index is 126. The van der Waals surface area contributed by atoms with E-state index in [1.807, 2.05) is 0 Å². The largest absolute Gasteiger partial charge is 0.379 e. The summed E-state index contributed by atoms with van der Waals surface area (Å²) < 4.78 is 5.30. The van der Waals surface area contributed by atoms with Crippen LogP contribution in [0.25, 0.3) is 0 Å². The van der Waals surface area contributed by atoms with E-state index < -0.39 is 0 Å². The molecule has 1 aliphatic heterocycles. The van der Waals surface area contributed by atoms with Gasteiger partial charge in [-0.3, -0.25) is 4.90 Å². The summed E-state index contributed by atoms with van der Waals surface area (Å²) in [6.45, 7) is 6.57. The molecule has 1 heterocycles. The third-order valence-electron chi connectivity index (χ3n) is 2.91. The van der Waals surface area contributed by atoms with Gasteiger partial charge in [0.05, 0.1) is 13.2 Å². The molecular formula is C9H17NO. The molecule has 0 spiro atoms. The maximum Gasteiger partial charge on any atom is 0.0594 e. The number of morpholine rings is 1. The van der Waals surface area contributed by atoms with Crippen LogP contribution in [-0.4, -0.2) is 37.2 Å². The van der Waals surface area contributed by atoms with Gasteiger partial charge < -0.3 is 4.74 Å². The molecule has 0 radical (unpaired) electrons. The number of rotatable bonds is 1. The summed E-state index contributed by atoms with van der Waals surface area (Å²) in [6, 6.07) is 0.897. The number of ether oxygens (including phenoxy) is 1. The lowest BCUT2D eigenvalue weighted by atomic mass is 9.81. The molecule has 0 aromatic heterocycles. The Kier molecular flexibility index (Phi) is 2.14. The Labute approximate surface area is 68.5 Å². The minimum atomic E-state index is 0.897. The van der Waals surface area contributed by atoms with Gasteiger partial charge in [-0.05, 0) is 18.8 Å². The monoisotopic (exact) mass is 155 g/mol. The highest BCUT2D eigenvalue weighted by Crippen LogP contribution is 2.31. The van der Waals surface area contributed by atoms with Crippen LogP contribution in [0.2, 0.25) is 0 Å². The van der Waals surface area contributed by atoms with E-state index in [1.54, 1.807) is 0 Å². The van der Waals surface area contributed by atoms with Crippen molar-refractivity contribution < 1.29 is 4.74 Å². The average molecular weight is 155 g/mol. The van der Waals surface area contributed by atoms with Crippen molar-refractivity contribution in [3.63, 3.8) is 0 Å². The van der Waals surface area contributed by atoms with Gasteiger partial charge in [-0.2, -0.15) is 0 Å². The van der Waals surface area contributed by atoms with Gasteiger partial charge in [0.1, 0.15) is 0 Å². The van der Waals surface area contributed by atoms with E-state index in [4.69, 9.17) is 4.74 Å². The number of hydrogen-bond acceptors (Lipinski definition) is 2. The Balaban J connectivity index is 1.76. The maximum absolute atomic E-state index is 5.30. The van der Waals surface area contributed by atoms with E-state index in [2.05, 4.69) is 11.8 Å². The molecule has 0 bridgehead atoms. The Morgan fingerprint density at radius 3 is 2.36 bits per heavy atom. The van der Waals surface area contributed by atoms with Crippen molar-refractivity contribution in [2.75, 3.05) is 26.3 Å². The molecular weight excluding hydrogens is 138 g/mol. The number of nitrogens with zero attached hydrogens (tertiary/aromatic N) is 1. The maximum atomic E-state index is 5.30. The normalized spacial score (nSPS) is 40.1. The lowest BCUT2D eigenvalue weighted by Gasteiger charge is -2.43. The zero-order chi connectivity index (χ0) is 7.68. The van der Waals surface area contributed by atoms with E-state index >= 15 is 0 Å². The minimum absolute atomic E-state index is 0.897. The lowest BCUT2D eigenvalue weighted by molar-refractivity contribution is -0.0143. The van der Waals surface area contributed by atoms with Gasteiger partial charge in [0.15, 0.2) is 0 Å². The van der Waals surface area contributed by atoms with Crippen molar-refractivity contribution in [3.05, 3.63) is 0 Å². The van der Waals surface area contributed by atoms with Gasteiger partial charge in [-0.25, -0.2) is 0 Å². The molecule has 0 atom stereocenters. The van der Waals surface area contributed by atoms with E-state index in [-0.39, 0.29) is 0 Å². The van der Waals surface area contributed by atoms with Gasteiger partial charge in [0, 0.05) is 19.1 Å². The van der Waals surface area contributed by atoms with Crippen LogP contribution >= 0.6 is 0 Å². The fourth-order valence-corrected chi connectivity index (χ4v) is 2.10. The fraction of sp³-hybridized carbons (Fsp3) is 1.00. The first-order valence-corrected chi connectivity index (χ1v) is 4.68. The van der Waals surface area contributed by atoms with E-state index in [1.165, 1.54) is 12.8 Å². The molecule has 0 N–H and O–H groups in total. The summed E-state index contributed by atoms with van der Waals surface area (Å²) in [5, 5.41) is 0. The quantitative estimate of drug-likeness (QED) is 0.562. The Hall–Kier alpha value is -0.0800. The second-order valence-corrected chi connectivity index (χ2v) is 3.88. The smallest absolute Gasteiger partial charge is 0.0594 e. The molecule has 2 heteroatoms. The first-order chi connectivity index (χ1) is 5.36. The Morgan fingerprint density at radius 2 is 1.82 bits per heavy atom. The van der Waals surface area contributed by atoms with Gasteiger partial charge in [0.25, 0.3) is 0 Å². The van der Waals surface area contributed by atoms with Gasteiger partial charge in [-0.1, -0.05) is 6.92 Å². The highest BCUT2D eigenvalue weighted by atomic mass is 16.5. The van der Waals surface area contributed by atoms with Gasteiger partial charge in [0.2, 0.25) is 0 Å². The van der Waals surface area contributed by atoms with Crippen LogP contribution in [0.3, 0.4) is 0 Å².